The molecule has 0 radical (unpaired) electrons. The molecule has 0 atom stereocenters. The molecule has 0 saturated carbocycles. The van der Waals surface area contributed by atoms with E-state index in [4.69, 9.17) is 16.9 Å². The molecule has 1 saturated heterocycles. The Hall–Kier alpha value is -2.16. The Bertz CT molecular complexity index is 809. The number of benzene rings is 2. The smallest absolute Gasteiger partial charge is 0.220 e. The fourth-order valence-corrected chi connectivity index (χ4v) is 4.26. The lowest BCUT2D eigenvalue weighted by molar-refractivity contribution is -0.121. The fraction of sp³-hybridized carbons (Fsp3) is 0.364. The number of nitrogens with one attached hydrogen (secondary N) is 1. The summed E-state index contributed by atoms with van der Waals surface area (Å²) >= 11 is 7.64. The van der Waals surface area contributed by atoms with Gasteiger partial charge in [0.05, 0.1) is 11.6 Å². The van der Waals surface area contributed by atoms with E-state index in [0.717, 1.165) is 48.8 Å². The third-order valence-electron chi connectivity index (χ3n) is 4.85. The molecule has 1 amide bonds. The first-order valence-corrected chi connectivity index (χ1v) is 10.9. The molecule has 3 rings (SSSR count). The van der Waals surface area contributed by atoms with E-state index in [1.165, 1.54) is 4.90 Å². The highest BCUT2D eigenvalue weighted by atomic mass is 35.5. The van der Waals surface area contributed by atoms with Crippen LogP contribution in [0.15, 0.2) is 53.4 Å². The van der Waals surface area contributed by atoms with Gasteiger partial charge in [0, 0.05) is 41.2 Å². The zero-order valence-corrected chi connectivity index (χ0v) is 17.3. The molecular weight excluding hydrogens is 390 g/mol. The monoisotopic (exact) mass is 413 g/mol. The van der Waals surface area contributed by atoms with Crippen LogP contribution in [0.3, 0.4) is 0 Å². The van der Waals surface area contributed by atoms with E-state index in [0.29, 0.717) is 12.0 Å². The molecule has 0 aromatic heterocycles. The van der Waals surface area contributed by atoms with Crippen LogP contribution < -0.4 is 10.2 Å². The number of rotatable bonds is 7. The van der Waals surface area contributed by atoms with Crippen LogP contribution in [0, 0.1) is 11.3 Å². The summed E-state index contributed by atoms with van der Waals surface area (Å²) in [4.78, 5) is 15.7. The maximum Gasteiger partial charge on any atom is 0.220 e. The van der Waals surface area contributed by atoms with Crippen molar-refractivity contribution in [3.63, 3.8) is 0 Å². The number of nitrogens with zero attached hydrogens (tertiary/aromatic N) is 2. The minimum atomic E-state index is 0.147. The van der Waals surface area contributed by atoms with E-state index >= 15 is 0 Å². The van der Waals surface area contributed by atoms with Crippen molar-refractivity contribution in [3.05, 3.63) is 59.1 Å². The van der Waals surface area contributed by atoms with Crippen molar-refractivity contribution in [3.8, 4) is 6.07 Å². The van der Waals surface area contributed by atoms with E-state index in [-0.39, 0.29) is 11.9 Å². The van der Waals surface area contributed by atoms with Crippen LogP contribution in [0.5, 0.6) is 0 Å². The van der Waals surface area contributed by atoms with Crippen LogP contribution in [-0.4, -0.2) is 30.8 Å². The van der Waals surface area contributed by atoms with Gasteiger partial charge >= 0.3 is 0 Å². The summed E-state index contributed by atoms with van der Waals surface area (Å²) in [5, 5.41) is 12.8. The van der Waals surface area contributed by atoms with Crippen LogP contribution in [0.2, 0.25) is 5.02 Å². The van der Waals surface area contributed by atoms with Gasteiger partial charge in [-0.2, -0.15) is 5.26 Å². The maximum absolute atomic E-state index is 12.2. The maximum atomic E-state index is 12.2. The van der Waals surface area contributed by atoms with Crippen molar-refractivity contribution in [2.24, 2.45) is 0 Å². The van der Waals surface area contributed by atoms with Gasteiger partial charge in [-0.15, -0.1) is 11.8 Å². The molecule has 0 unspecified atom stereocenters. The third kappa shape index (κ3) is 6.19. The van der Waals surface area contributed by atoms with E-state index < -0.39 is 0 Å². The molecule has 1 N–H and O–H groups in total. The average molecular weight is 414 g/mol. The Morgan fingerprint density at radius 1 is 1.14 bits per heavy atom. The largest absolute Gasteiger partial charge is 0.371 e. The zero-order valence-electron chi connectivity index (χ0n) is 15.7. The van der Waals surface area contributed by atoms with E-state index in [1.54, 1.807) is 11.8 Å². The lowest BCUT2D eigenvalue weighted by atomic mass is 10.0. The normalized spacial score (nSPS) is 14.5. The molecule has 1 aliphatic heterocycles. The number of amides is 1. The van der Waals surface area contributed by atoms with Crippen LogP contribution in [0.4, 0.5) is 5.69 Å². The second-order valence-corrected chi connectivity index (χ2v) is 8.50. The average Bonchev–Trinajstić information content (AvgIpc) is 2.73. The molecular formula is C22H24ClN3OS. The van der Waals surface area contributed by atoms with Crippen molar-refractivity contribution in [2.45, 2.75) is 36.6 Å². The van der Waals surface area contributed by atoms with Gasteiger partial charge in [-0.05, 0) is 73.5 Å². The van der Waals surface area contributed by atoms with Gasteiger partial charge in [-0.3, -0.25) is 4.79 Å². The van der Waals surface area contributed by atoms with Gasteiger partial charge in [0.1, 0.15) is 0 Å². The first-order valence-electron chi connectivity index (χ1n) is 9.57. The van der Waals surface area contributed by atoms with E-state index in [2.05, 4.69) is 16.3 Å². The van der Waals surface area contributed by atoms with Crippen LogP contribution in [-0.2, 0) is 4.79 Å². The van der Waals surface area contributed by atoms with Crippen molar-refractivity contribution in [1.82, 2.24) is 5.32 Å². The van der Waals surface area contributed by atoms with Gasteiger partial charge in [-0.25, -0.2) is 0 Å². The number of halogens is 1. The van der Waals surface area contributed by atoms with Gasteiger partial charge in [0.15, 0.2) is 0 Å². The number of nitriles is 1. The molecule has 0 spiro atoms. The molecule has 2 aromatic carbocycles. The van der Waals surface area contributed by atoms with Crippen LogP contribution in [0.1, 0.15) is 31.2 Å². The van der Waals surface area contributed by atoms with Crippen molar-refractivity contribution < 1.29 is 4.79 Å². The lowest BCUT2D eigenvalue weighted by Gasteiger charge is -2.34. The predicted molar refractivity (Wildman–Crippen MR) is 116 cm³/mol. The molecule has 146 valence electrons. The van der Waals surface area contributed by atoms with Crippen LogP contribution in [0.25, 0.3) is 0 Å². The lowest BCUT2D eigenvalue weighted by Crippen LogP contribution is -2.44. The van der Waals surface area contributed by atoms with Gasteiger partial charge in [0.2, 0.25) is 5.91 Å². The Labute approximate surface area is 175 Å². The summed E-state index contributed by atoms with van der Waals surface area (Å²) < 4.78 is 0. The Morgan fingerprint density at radius 2 is 1.82 bits per heavy atom. The van der Waals surface area contributed by atoms with E-state index in [1.807, 2.05) is 48.5 Å². The van der Waals surface area contributed by atoms with Gasteiger partial charge < -0.3 is 10.2 Å². The fourth-order valence-electron chi connectivity index (χ4n) is 3.28. The first-order chi connectivity index (χ1) is 13.6. The minimum absolute atomic E-state index is 0.147. The molecule has 1 fully saturated rings. The molecule has 0 bridgehead atoms. The topological polar surface area (TPSA) is 56.1 Å². The summed E-state index contributed by atoms with van der Waals surface area (Å²) in [7, 11) is 0. The molecule has 0 aliphatic carbocycles. The van der Waals surface area contributed by atoms with Crippen LogP contribution >= 0.6 is 23.4 Å². The summed E-state index contributed by atoms with van der Waals surface area (Å²) in [5.41, 5.74) is 1.82. The van der Waals surface area contributed by atoms with Crippen molar-refractivity contribution in [2.75, 3.05) is 23.7 Å². The highest BCUT2D eigenvalue weighted by Crippen LogP contribution is 2.22. The standard InChI is InChI=1S/C22H24ClN3OS/c23-18-5-9-21(10-6-18)28-15-1-2-22(27)25-19-11-13-26(14-12-19)20-7-3-17(16-24)4-8-20/h3-10,19H,1-2,11-15H2,(H,25,27). The third-order valence-corrected chi connectivity index (χ3v) is 6.20. The molecule has 1 aliphatic rings. The SMILES string of the molecule is N#Cc1ccc(N2CCC(NC(=O)CCCSc3ccc(Cl)cc3)CC2)cc1. The second-order valence-electron chi connectivity index (χ2n) is 6.89. The number of thioether (sulfide) groups is 1. The summed E-state index contributed by atoms with van der Waals surface area (Å²) in [6.07, 6.45) is 3.33. The number of hydrogen-bond donors (Lipinski definition) is 1. The van der Waals surface area contributed by atoms with E-state index in [9.17, 15) is 4.79 Å². The summed E-state index contributed by atoms with van der Waals surface area (Å²) in [6, 6.07) is 17.9. The van der Waals surface area contributed by atoms with Crippen molar-refractivity contribution >= 4 is 35.0 Å². The summed E-state index contributed by atoms with van der Waals surface area (Å²) in [6.45, 7) is 1.84. The Morgan fingerprint density at radius 3 is 2.46 bits per heavy atom. The Balaban J connectivity index is 1.33. The highest BCUT2D eigenvalue weighted by molar-refractivity contribution is 7.99. The molecule has 2 aromatic rings. The Kier molecular flexibility index (Phi) is 7.64. The zero-order chi connectivity index (χ0) is 19.8. The summed E-state index contributed by atoms with van der Waals surface area (Å²) in [5.74, 6) is 1.07. The highest BCUT2D eigenvalue weighted by Gasteiger charge is 2.20. The number of carbonyl (C=O) groups excluding carboxylic acids is 1. The molecule has 28 heavy (non-hydrogen) atoms. The first kappa shape index (κ1) is 20.6. The van der Waals surface area contributed by atoms with Gasteiger partial charge in [0.25, 0.3) is 0 Å². The molecule has 1 heterocycles. The molecule has 6 heteroatoms. The van der Waals surface area contributed by atoms with Gasteiger partial charge in [-0.1, -0.05) is 11.6 Å². The molecule has 4 nitrogen and oxygen atoms in total. The second kappa shape index (κ2) is 10.4. The number of piperidine rings is 1. The number of anilines is 1. The predicted octanol–water partition coefficient (Wildman–Crippen LogP) is 4.87. The minimum Gasteiger partial charge on any atom is -0.371 e. The quantitative estimate of drug-likeness (QED) is 0.519. The van der Waals surface area contributed by atoms with Crippen molar-refractivity contribution in [1.29, 1.82) is 5.26 Å². The number of hydrogen-bond acceptors (Lipinski definition) is 4. The number of carbonyl (C=O) groups is 1.